The van der Waals surface area contributed by atoms with Crippen LogP contribution in [0.3, 0.4) is 0 Å². The molecule has 0 unspecified atom stereocenters. The lowest BCUT2D eigenvalue weighted by molar-refractivity contribution is -0.146. The van der Waals surface area contributed by atoms with Gasteiger partial charge in [0.05, 0.1) is 11.0 Å². The monoisotopic (exact) mass is 531 g/mol. The minimum Gasteiger partial charge on any atom is -0.385 e. The van der Waals surface area contributed by atoms with Gasteiger partial charge in [-0.2, -0.15) is 13.2 Å². The van der Waals surface area contributed by atoms with Crippen LogP contribution in [0.4, 0.5) is 24.8 Å². The Balaban J connectivity index is 1.42. The fourth-order valence-electron chi connectivity index (χ4n) is 4.67. The highest BCUT2D eigenvalue weighted by Gasteiger charge is 2.37. The van der Waals surface area contributed by atoms with Gasteiger partial charge in [0.2, 0.25) is 5.82 Å². The quantitative estimate of drug-likeness (QED) is 0.309. The number of hydrogen-bond donors (Lipinski definition) is 3. The number of hydrogen-bond acceptors (Lipinski definition) is 9. The average molecular weight is 532 g/mol. The number of nitrogens with one attached hydrogen (secondary N) is 2. The first-order chi connectivity index (χ1) is 17.6. The predicted octanol–water partition coefficient (Wildman–Crippen LogP) is 4.07. The summed E-state index contributed by atoms with van der Waals surface area (Å²) in [5, 5.41) is 11.1. The number of alkyl halides is 3. The maximum atomic E-state index is 13.3. The van der Waals surface area contributed by atoms with Gasteiger partial charge in [0.1, 0.15) is 17.5 Å². The lowest BCUT2D eigenvalue weighted by Gasteiger charge is -2.44. The SMILES string of the molecule is CC(=N)/C=C(\N)Nc1cc(N2CC(N3CCCC3)C2)nc(Sc2ccc3nc(C(F)(F)F)n(C)c3c2)n1. The van der Waals surface area contributed by atoms with E-state index < -0.39 is 12.0 Å². The Morgan fingerprint density at radius 3 is 2.57 bits per heavy atom. The van der Waals surface area contributed by atoms with E-state index in [0.29, 0.717) is 33.1 Å². The Kier molecular flexibility index (Phi) is 6.75. The number of fused-ring (bicyclic) bond motifs is 1. The molecule has 37 heavy (non-hydrogen) atoms. The molecule has 2 aliphatic rings. The van der Waals surface area contributed by atoms with Crippen LogP contribution in [-0.2, 0) is 13.2 Å². The molecule has 0 atom stereocenters. The molecule has 2 aromatic heterocycles. The van der Waals surface area contributed by atoms with E-state index in [2.05, 4.69) is 25.1 Å². The number of imidazole rings is 1. The van der Waals surface area contributed by atoms with Gasteiger partial charge in [0.25, 0.3) is 0 Å². The Morgan fingerprint density at radius 1 is 1.16 bits per heavy atom. The topological polar surface area (TPSA) is 112 Å². The normalized spacial score (nSPS) is 17.4. The number of aromatic nitrogens is 4. The first-order valence-electron chi connectivity index (χ1n) is 12.0. The zero-order valence-electron chi connectivity index (χ0n) is 20.5. The number of aryl methyl sites for hydroxylation is 1. The van der Waals surface area contributed by atoms with Crippen molar-refractivity contribution < 1.29 is 13.2 Å². The van der Waals surface area contributed by atoms with Gasteiger partial charge in [-0.1, -0.05) is 0 Å². The molecule has 2 aliphatic heterocycles. The standard InChI is InChI=1S/C24H28F3N9S/c1-14(28)9-19(29)31-20-11-21(36-12-15(13-36)35-7-3-4-8-35)33-23(32-20)37-16-5-6-17-18(10-16)34(2)22(30-17)24(25,26)27/h5-6,9-11,15,28H,3-4,7-8,12-13,29H2,1-2H3,(H,31,32,33)/b19-9+,28-14?. The van der Waals surface area contributed by atoms with Gasteiger partial charge in [-0.15, -0.1) is 0 Å². The molecule has 1 aromatic carbocycles. The third kappa shape index (κ3) is 5.52. The Bertz CT molecular complexity index is 1360. The Hall–Kier alpha value is -3.32. The van der Waals surface area contributed by atoms with Crippen LogP contribution < -0.4 is 16.0 Å². The van der Waals surface area contributed by atoms with Gasteiger partial charge in [0.15, 0.2) is 5.16 Å². The van der Waals surface area contributed by atoms with Crippen molar-refractivity contribution in [3.8, 4) is 0 Å². The summed E-state index contributed by atoms with van der Waals surface area (Å²) in [5.41, 5.74) is 6.96. The number of likely N-dealkylation sites (tertiary alicyclic amines) is 1. The molecule has 0 saturated carbocycles. The molecule has 2 saturated heterocycles. The molecule has 4 N–H and O–H groups in total. The fraction of sp³-hybridized carbons (Fsp3) is 0.417. The second-order valence-electron chi connectivity index (χ2n) is 9.35. The molecular formula is C24H28F3N9S. The minimum atomic E-state index is -4.54. The summed E-state index contributed by atoms with van der Waals surface area (Å²) in [4.78, 5) is 18.4. The fourth-order valence-corrected chi connectivity index (χ4v) is 5.47. The van der Waals surface area contributed by atoms with E-state index in [0.717, 1.165) is 36.6 Å². The minimum absolute atomic E-state index is 0.268. The van der Waals surface area contributed by atoms with Crippen LogP contribution in [-0.4, -0.2) is 62.4 Å². The molecule has 0 radical (unpaired) electrons. The largest absolute Gasteiger partial charge is 0.449 e. The summed E-state index contributed by atoms with van der Waals surface area (Å²) in [6.45, 7) is 5.62. The molecule has 0 aliphatic carbocycles. The van der Waals surface area contributed by atoms with Crippen LogP contribution in [0.15, 0.2) is 46.2 Å². The molecule has 13 heteroatoms. The average Bonchev–Trinajstić information content (AvgIpc) is 3.40. The van der Waals surface area contributed by atoms with Gasteiger partial charge in [-0.3, -0.25) is 4.90 Å². The number of halogens is 3. The van der Waals surface area contributed by atoms with E-state index in [-0.39, 0.29) is 11.3 Å². The number of allylic oxidation sites excluding steroid dienone is 1. The van der Waals surface area contributed by atoms with E-state index in [9.17, 15) is 13.2 Å². The Morgan fingerprint density at radius 2 is 1.89 bits per heavy atom. The zero-order chi connectivity index (χ0) is 26.3. The van der Waals surface area contributed by atoms with Crippen LogP contribution in [0.25, 0.3) is 11.0 Å². The number of nitrogens with zero attached hydrogens (tertiary/aromatic N) is 6. The third-order valence-electron chi connectivity index (χ3n) is 6.49. The maximum Gasteiger partial charge on any atom is 0.449 e. The molecular weight excluding hydrogens is 503 g/mol. The van der Waals surface area contributed by atoms with Crippen molar-refractivity contribution in [2.24, 2.45) is 12.8 Å². The van der Waals surface area contributed by atoms with Crippen LogP contribution in [0.2, 0.25) is 0 Å². The van der Waals surface area contributed by atoms with Gasteiger partial charge < -0.3 is 25.9 Å². The molecule has 2 fully saturated rings. The van der Waals surface area contributed by atoms with Crippen LogP contribution in [0, 0.1) is 5.41 Å². The molecule has 5 rings (SSSR count). The van der Waals surface area contributed by atoms with Gasteiger partial charge in [0, 0.05) is 42.9 Å². The third-order valence-corrected chi connectivity index (χ3v) is 7.35. The molecule has 0 bridgehead atoms. The van der Waals surface area contributed by atoms with E-state index >= 15 is 0 Å². The molecule has 3 aromatic rings. The second-order valence-corrected chi connectivity index (χ2v) is 10.4. The van der Waals surface area contributed by atoms with Crippen molar-refractivity contribution >= 4 is 40.1 Å². The van der Waals surface area contributed by atoms with Crippen molar-refractivity contribution in [1.82, 2.24) is 24.4 Å². The van der Waals surface area contributed by atoms with Crippen molar-refractivity contribution in [2.75, 3.05) is 36.4 Å². The highest BCUT2D eigenvalue weighted by molar-refractivity contribution is 7.99. The highest BCUT2D eigenvalue weighted by Crippen LogP contribution is 2.35. The lowest BCUT2D eigenvalue weighted by atomic mass is 10.1. The zero-order valence-corrected chi connectivity index (χ0v) is 21.3. The first-order valence-corrected chi connectivity index (χ1v) is 12.8. The molecule has 9 nitrogen and oxygen atoms in total. The van der Waals surface area contributed by atoms with E-state index in [1.165, 1.54) is 37.7 Å². The molecule has 0 amide bonds. The second kappa shape index (κ2) is 9.86. The van der Waals surface area contributed by atoms with Crippen LogP contribution in [0.1, 0.15) is 25.6 Å². The summed E-state index contributed by atoms with van der Waals surface area (Å²) >= 11 is 1.25. The summed E-state index contributed by atoms with van der Waals surface area (Å²) in [6.07, 6.45) is -0.563. The summed E-state index contributed by atoms with van der Waals surface area (Å²) in [7, 11) is 1.35. The van der Waals surface area contributed by atoms with E-state index in [1.54, 1.807) is 25.1 Å². The van der Waals surface area contributed by atoms with Crippen LogP contribution in [0.5, 0.6) is 0 Å². The first kappa shape index (κ1) is 25.3. The number of rotatable bonds is 7. The smallest absolute Gasteiger partial charge is 0.385 e. The van der Waals surface area contributed by atoms with Gasteiger partial charge >= 0.3 is 6.18 Å². The number of benzene rings is 1. The number of anilines is 2. The highest BCUT2D eigenvalue weighted by atomic mass is 32.2. The van der Waals surface area contributed by atoms with Crippen molar-refractivity contribution in [2.45, 2.75) is 42.0 Å². The molecule has 0 spiro atoms. The van der Waals surface area contributed by atoms with E-state index in [4.69, 9.17) is 16.1 Å². The van der Waals surface area contributed by atoms with Crippen LogP contribution >= 0.6 is 11.8 Å². The summed E-state index contributed by atoms with van der Waals surface area (Å²) in [5.74, 6) is 0.565. The number of nitrogens with two attached hydrogens (primary N) is 1. The lowest BCUT2D eigenvalue weighted by Crippen LogP contribution is -2.59. The van der Waals surface area contributed by atoms with Gasteiger partial charge in [-0.25, -0.2) is 15.0 Å². The molecule has 196 valence electrons. The van der Waals surface area contributed by atoms with Gasteiger partial charge in [-0.05, 0) is 68.9 Å². The Labute approximate surface area is 216 Å². The van der Waals surface area contributed by atoms with Crippen molar-refractivity contribution in [3.63, 3.8) is 0 Å². The van der Waals surface area contributed by atoms with Crippen molar-refractivity contribution in [1.29, 1.82) is 5.41 Å². The maximum absolute atomic E-state index is 13.3. The van der Waals surface area contributed by atoms with E-state index in [1.807, 2.05) is 6.07 Å². The predicted molar refractivity (Wildman–Crippen MR) is 138 cm³/mol. The molecule has 4 heterocycles. The summed E-state index contributed by atoms with van der Waals surface area (Å²) in [6, 6.07) is 7.27. The van der Waals surface area contributed by atoms with Crippen molar-refractivity contribution in [3.05, 3.63) is 42.0 Å². The summed E-state index contributed by atoms with van der Waals surface area (Å²) < 4.78 is 40.9.